The molecule has 0 spiro atoms. The fourth-order valence-electron chi connectivity index (χ4n) is 3.39. The molecule has 0 unspecified atom stereocenters. The van der Waals surface area contributed by atoms with Crippen molar-refractivity contribution < 1.29 is 32.3 Å². The van der Waals surface area contributed by atoms with Gasteiger partial charge in [0, 0.05) is 19.1 Å². The Morgan fingerprint density at radius 1 is 1.13 bits per heavy atom. The highest BCUT2D eigenvalue weighted by atomic mass is 32.2. The van der Waals surface area contributed by atoms with Crippen molar-refractivity contribution in [1.82, 2.24) is 14.9 Å². The van der Waals surface area contributed by atoms with Crippen molar-refractivity contribution in [3.8, 4) is 0 Å². The van der Waals surface area contributed by atoms with Gasteiger partial charge >= 0.3 is 12.0 Å². The minimum Gasteiger partial charge on any atom is -0.452 e. The van der Waals surface area contributed by atoms with Crippen molar-refractivity contribution in [1.29, 1.82) is 0 Å². The fourth-order valence-corrected chi connectivity index (χ4v) is 4.84. The zero-order valence-electron chi connectivity index (χ0n) is 16.5. The standard InChI is InChI=1S/C19H25N3O7S/c23-17(21-19(25)20-15-5-1-2-6-15)13-29-18(24)14-4-3-7-16(12-14)30(26,27)22-8-10-28-11-9-22/h3-4,7,12,15H,1-2,5-6,8-11,13H2,(H2,20,21,23,25). The number of morpholine rings is 1. The zero-order chi connectivity index (χ0) is 21.6. The Balaban J connectivity index is 1.53. The predicted molar refractivity (Wildman–Crippen MR) is 105 cm³/mol. The molecule has 1 saturated heterocycles. The summed E-state index contributed by atoms with van der Waals surface area (Å²) in [4.78, 5) is 35.8. The van der Waals surface area contributed by atoms with E-state index >= 15 is 0 Å². The third kappa shape index (κ3) is 5.77. The molecule has 0 bridgehead atoms. The Morgan fingerprint density at radius 2 is 1.83 bits per heavy atom. The summed E-state index contributed by atoms with van der Waals surface area (Å²) in [6.45, 7) is 0.437. The van der Waals surface area contributed by atoms with Gasteiger partial charge in [-0.25, -0.2) is 18.0 Å². The smallest absolute Gasteiger partial charge is 0.338 e. The zero-order valence-corrected chi connectivity index (χ0v) is 17.3. The molecule has 1 heterocycles. The van der Waals surface area contributed by atoms with Crippen LogP contribution in [-0.4, -0.2) is 69.6 Å². The van der Waals surface area contributed by atoms with Crippen LogP contribution in [0.15, 0.2) is 29.2 Å². The Labute approximate surface area is 174 Å². The summed E-state index contributed by atoms with van der Waals surface area (Å²) in [5.41, 5.74) is -0.00691. The van der Waals surface area contributed by atoms with Gasteiger partial charge in [0.05, 0.1) is 23.7 Å². The molecular formula is C19H25N3O7S. The molecule has 2 N–H and O–H groups in total. The first-order chi connectivity index (χ1) is 14.4. The number of imide groups is 1. The quantitative estimate of drug-likeness (QED) is 0.622. The number of hydrogen-bond donors (Lipinski definition) is 2. The monoisotopic (exact) mass is 439 g/mol. The Hall–Kier alpha value is -2.50. The number of nitrogens with one attached hydrogen (secondary N) is 2. The number of ether oxygens (including phenoxy) is 2. The number of rotatable bonds is 6. The van der Waals surface area contributed by atoms with Gasteiger partial charge in [-0.3, -0.25) is 10.1 Å². The first-order valence-electron chi connectivity index (χ1n) is 9.82. The molecule has 0 aromatic heterocycles. The Kier molecular flexibility index (Phi) is 7.40. The fraction of sp³-hybridized carbons (Fsp3) is 0.526. The van der Waals surface area contributed by atoms with E-state index in [2.05, 4.69) is 10.6 Å². The summed E-state index contributed by atoms with van der Waals surface area (Å²) in [5.74, 6) is -1.63. The number of sulfonamides is 1. The molecule has 30 heavy (non-hydrogen) atoms. The maximum Gasteiger partial charge on any atom is 0.338 e. The van der Waals surface area contributed by atoms with Gasteiger partial charge in [0.2, 0.25) is 10.0 Å². The molecule has 1 aliphatic heterocycles. The van der Waals surface area contributed by atoms with Crippen molar-refractivity contribution >= 4 is 27.9 Å². The van der Waals surface area contributed by atoms with Crippen LogP contribution in [0.5, 0.6) is 0 Å². The summed E-state index contributed by atoms with van der Waals surface area (Å²) in [7, 11) is -3.76. The lowest BCUT2D eigenvalue weighted by molar-refractivity contribution is -0.123. The maximum atomic E-state index is 12.7. The molecule has 10 nitrogen and oxygen atoms in total. The van der Waals surface area contributed by atoms with E-state index in [1.807, 2.05) is 0 Å². The summed E-state index contributed by atoms with van der Waals surface area (Å²) in [6.07, 6.45) is 3.83. The summed E-state index contributed by atoms with van der Waals surface area (Å²) in [5, 5.41) is 4.80. The molecule has 1 aromatic carbocycles. The molecule has 3 amide bonds. The van der Waals surface area contributed by atoms with Gasteiger partial charge in [-0.1, -0.05) is 18.9 Å². The number of carbonyl (C=O) groups excluding carboxylic acids is 3. The third-order valence-electron chi connectivity index (χ3n) is 4.96. The van der Waals surface area contributed by atoms with E-state index in [1.165, 1.54) is 28.6 Å². The van der Waals surface area contributed by atoms with E-state index in [-0.39, 0.29) is 29.6 Å². The minimum atomic E-state index is -3.76. The molecule has 2 aliphatic rings. The van der Waals surface area contributed by atoms with Crippen LogP contribution in [0, 0.1) is 0 Å². The van der Waals surface area contributed by atoms with Crippen LogP contribution in [0.1, 0.15) is 36.0 Å². The van der Waals surface area contributed by atoms with Gasteiger partial charge in [-0.2, -0.15) is 4.31 Å². The SMILES string of the molecule is O=C(COC(=O)c1cccc(S(=O)(=O)N2CCOCC2)c1)NC(=O)NC1CCCC1. The number of nitrogens with zero attached hydrogens (tertiary/aromatic N) is 1. The summed E-state index contributed by atoms with van der Waals surface area (Å²) < 4.78 is 36.8. The average Bonchev–Trinajstić information content (AvgIpc) is 3.25. The van der Waals surface area contributed by atoms with Crippen LogP contribution >= 0.6 is 0 Å². The third-order valence-corrected chi connectivity index (χ3v) is 6.85. The van der Waals surface area contributed by atoms with Crippen LogP contribution < -0.4 is 10.6 Å². The van der Waals surface area contributed by atoms with Crippen LogP contribution in [0.25, 0.3) is 0 Å². The number of hydrogen-bond acceptors (Lipinski definition) is 7. The van der Waals surface area contributed by atoms with Crippen molar-refractivity contribution in [2.75, 3.05) is 32.9 Å². The molecule has 164 valence electrons. The Morgan fingerprint density at radius 3 is 2.53 bits per heavy atom. The van der Waals surface area contributed by atoms with Crippen molar-refractivity contribution in [3.63, 3.8) is 0 Å². The van der Waals surface area contributed by atoms with E-state index in [0.717, 1.165) is 25.7 Å². The number of benzene rings is 1. The molecule has 1 saturated carbocycles. The number of carbonyl (C=O) groups is 3. The molecule has 11 heteroatoms. The topological polar surface area (TPSA) is 131 Å². The Bertz CT molecular complexity index is 891. The highest BCUT2D eigenvalue weighted by Gasteiger charge is 2.27. The van der Waals surface area contributed by atoms with Gasteiger partial charge in [0.15, 0.2) is 6.61 Å². The lowest BCUT2D eigenvalue weighted by Crippen LogP contribution is -2.45. The van der Waals surface area contributed by atoms with E-state index in [0.29, 0.717) is 13.2 Å². The normalized spacial score (nSPS) is 18.0. The van der Waals surface area contributed by atoms with Crippen LogP contribution in [0.2, 0.25) is 0 Å². The number of esters is 1. The van der Waals surface area contributed by atoms with Crippen LogP contribution in [0.4, 0.5) is 4.79 Å². The second-order valence-corrected chi connectivity index (χ2v) is 9.06. The lowest BCUT2D eigenvalue weighted by atomic mass is 10.2. The van der Waals surface area contributed by atoms with Crippen molar-refractivity contribution in [2.24, 2.45) is 0 Å². The predicted octanol–water partition coefficient (Wildman–Crippen LogP) is 0.633. The minimum absolute atomic E-state index is 0.00691. The van der Waals surface area contributed by atoms with E-state index in [4.69, 9.17) is 9.47 Å². The summed E-state index contributed by atoms with van der Waals surface area (Å²) >= 11 is 0. The maximum absolute atomic E-state index is 12.7. The van der Waals surface area contributed by atoms with E-state index in [1.54, 1.807) is 0 Å². The molecule has 1 aliphatic carbocycles. The van der Waals surface area contributed by atoms with Gasteiger partial charge in [0.25, 0.3) is 5.91 Å². The first-order valence-corrected chi connectivity index (χ1v) is 11.3. The van der Waals surface area contributed by atoms with Gasteiger partial charge in [0.1, 0.15) is 0 Å². The van der Waals surface area contributed by atoms with E-state index < -0.39 is 34.5 Å². The molecule has 1 aromatic rings. The average molecular weight is 439 g/mol. The van der Waals surface area contributed by atoms with Crippen molar-refractivity contribution in [2.45, 2.75) is 36.6 Å². The molecule has 3 rings (SSSR count). The second-order valence-electron chi connectivity index (χ2n) is 7.12. The number of urea groups is 1. The molecule has 2 fully saturated rings. The van der Waals surface area contributed by atoms with Crippen LogP contribution in [-0.2, 0) is 24.3 Å². The van der Waals surface area contributed by atoms with Crippen molar-refractivity contribution in [3.05, 3.63) is 29.8 Å². The van der Waals surface area contributed by atoms with Gasteiger partial charge in [-0.05, 0) is 31.0 Å². The van der Waals surface area contributed by atoms with Crippen LogP contribution in [0.3, 0.4) is 0 Å². The highest BCUT2D eigenvalue weighted by Crippen LogP contribution is 2.19. The lowest BCUT2D eigenvalue weighted by Gasteiger charge is -2.26. The molecular weight excluding hydrogens is 414 g/mol. The van der Waals surface area contributed by atoms with Gasteiger partial charge < -0.3 is 14.8 Å². The highest BCUT2D eigenvalue weighted by molar-refractivity contribution is 7.89. The van der Waals surface area contributed by atoms with Gasteiger partial charge in [-0.15, -0.1) is 0 Å². The largest absolute Gasteiger partial charge is 0.452 e. The summed E-state index contributed by atoms with van der Waals surface area (Å²) in [6, 6.07) is 4.85. The number of amides is 3. The first kappa shape index (κ1) is 22.2. The van der Waals surface area contributed by atoms with E-state index in [9.17, 15) is 22.8 Å². The molecule has 0 radical (unpaired) electrons. The molecule has 0 atom stereocenters. The second kappa shape index (κ2) is 10.0.